The molecule has 2 aromatic rings. The van der Waals surface area contributed by atoms with Crippen LogP contribution in [0.2, 0.25) is 0 Å². The lowest BCUT2D eigenvalue weighted by Crippen LogP contribution is -2.31. The molecule has 112 valence electrons. The summed E-state index contributed by atoms with van der Waals surface area (Å²) in [6, 6.07) is 6.40. The van der Waals surface area contributed by atoms with Crippen molar-refractivity contribution in [3.8, 4) is 0 Å². The summed E-state index contributed by atoms with van der Waals surface area (Å²) in [5.74, 6) is 1.82. The SMILES string of the molecule is Cc1cc(N2CCC[C@@H]2C[C@H](O)c2cccs2)nc(C)n1. The number of aliphatic hydroxyl groups is 1. The quantitative estimate of drug-likeness (QED) is 0.942. The van der Waals surface area contributed by atoms with E-state index in [1.807, 2.05) is 37.4 Å². The summed E-state index contributed by atoms with van der Waals surface area (Å²) in [4.78, 5) is 12.3. The lowest BCUT2D eigenvalue weighted by molar-refractivity contribution is 0.161. The van der Waals surface area contributed by atoms with Gasteiger partial charge in [-0.3, -0.25) is 0 Å². The predicted octanol–water partition coefficient (Wildman–Crippen LogP) is 3.25. The van der Waals surface area contributed by atoms with E-state index in [0.29, 0.717) is 6.04 Å². The average molecular weight is 303 g/mol. The molecule has 0 unspecified atom stereocenters. The Labute approximate surface area is 129 Å². The summed E-state index contributed by atoms with van der Waals surface area (Å²) in [5, 5.41) is 12.4. The maximum Gasteiger partial charge on any atom is 0.132 e. The van der Waals surface area contributed by atoms with Gasteiger partial charge in [0.15, 0.2) is 0 Å². The van der Waals surface area contributed by atoms with Crippen LogP contribution < -0.4 is 4.90 Å². The lowest BCUT2D eigenvalue weighted by atomic mass is 10.1. The Kier molecular flexibility index (Phi) is 4.22. The minimum atomic E-state index is -0.375. The second-order valence-corrected chi connectivity index (χ2v) is 6.65. The summed E-state index contributed by atoms with van der Waals surface area (Å²) in [6.07, 6.45) is 2.66. The molecule has 1 aliphatic rings. The van der Waals surface area contributed by atoms with Crippen molar-refractivity contribution in [3.63, 3.8) is 0 Å². The van der Waals surface area contributed by atoms with E-state index >= 15 is 0 Å². The van der Waals surface area contributed by atoms with Crippen LogP contribution in [0.4, 0.5) is 5.82 Å². The van der Waals surface area contributed by atoms with Crippen LogP contribution in [0.25, 0.3) is 0 Å². The summed E-state index contributed by atoms with van der Waals surface area (Å²) < 4.78 is 0. The van der Waals surface area contributed by atoms with Crippen molar-refractivity contribution in [2.75, 3.05) is 11.4 Å². The first-order valence-corrected chi connectivity index (χ1v) is 8.32. The van der Waals surface area contributed by atoms with Gasteiger partial charge in [0, 0.05) is 29.2 Å². The smallest absolute Gasteiger partial charge is 0.132 e. The number of aromatic nitrogens is 2. The van der Waals surface area contributed by atoms with E-state index in [2.05, 4.69) is 14.9 Å². The highest BCUT2D eigenvalue weighted by atomic mass is 32.1. The van der Waals surface area contributed by atoms with Crippen molar-refractivity contribution in [1.82, 2.24) is 9.97 Å². The highest BCUT2D eigenvalue weighted by Gasteiger charge is 2.28. The topological polar surface area (TPSA) is 49.2 Å². The normalized spacial score (nSPS) is 20.0. The van der Waals surface area contributed by atoms with Gasteiger partial charge in [-0.25, -0.2) is 9.97 Å². The lowest BCUT2D eigenvalue weighted by Gasteiger charge is -2.27. The standard InChI is InChI=1S/C16H21N3OS/c1-11-9-16(18-12(2)17-11)19-7-3-5-13(19)10-14(20)15-6-4-8-21-15/h4,6,8-9,13-14,20H,3,5,7,10H2,1-2H3/t13-,14+/m1/s1. The molecule has 21 heavy (non-hydrogen) atoms. The van der Waals surface area contributed by atoms with Crippen LogP contribution in [0, 0.1) is 13.8 Å². The van der Waals surface area contributed by atoms with Crippen LogP contribution in [0.1, 0.15) is 41.8 Å². The molecule has 4 nitrogen and oxygen atoms in total. The van der Waals surface area contributed by atoms with E-state index in [1.54, 1.807) is 11.3 Å². The number of hydrogen-bond donors (Lipinski definition) is 1. The van der Waals surface area contributed by atoms with Crippen molar-refractivity contribution >= 4 is 17.2 Å². The second-order valence-electron chi connectivity index (χ2n) is 5.67. The number of hydrogen-bond acceptors (Lipinski definition) is 5. The van der Waals surface area contributed by atoms with Crippen LogP contribution in [-0.2, 0) is 0 Å². The Hall–Kier alpha value is -1.46. The van der Waals surface area contributed by atoms with Gasteiger partial charge in [-0.15, -0.1) is 11.3 Å². The summed E-state index contributed by atoms with van der Waals surface area (Å²) in [7, 11) is 0. The van der Waals surface area contributed by atoms with Gasteiger partial charge in [-0.05, 0) is 44.6 Å². The zero-order valence-corrected chi connectivity index (χ0v) is 13.3. The first kappa shape index (κ1) is 14.5. The maximum absolute atomic E-state index is 10.4. The number of nitrogens with zero attached hydrogens (tertiary/aromatic N) is 3. The number of thiophene rings is 1. The molecule has 1 aliphatic heterocycles. The highest BCUT2D eigenvalue weighted by molar-refractivity contribution is 7.10. The molecule has 0 aromatic carbocycles. The zero-order chi connectivity index (χ0) is 14.8. The van der Waals surface area contributed by atoms with E-state index in [9.17, 15) is 5.11 Å². The van der Waals surface area contributed by atoms with E-state index in [0.717, 1.165) is 48.0 Å². The van der Waals surface area contributed by atoms with E-state index in [-0.39, 0.29) is 6.10 Å². The highest BCUT2D eigenvalue weighted by Crippen LogP contribution is 2.32. The van der Waals surface area contributed by atoms with Crippen molar-refractivity contribution in [3.05, 3.63) is 40.0 Å². The second kappa shape index (κ2) is 6.12. The van der Waals surface area contributed by atoms with Gasteiger partial charge in [0.05, 0.1) is 6.10 Å². The Morgan fingerprint density at radius 3 is 3.00 bits per heavy atom. The molecule has 1 fully saturated rings. The average Bonchev–Trinajstić information content (AvgIpc) is 3.08. The van der Waals surface area contributed by atoms with Crippen molar-refractivity contribution in [1.29, 1.82) is 0 Å². The molecule has 1 saturated heterocycles. The molecular weight excluding hydrogens is 282 g/mol. The molecule has 3 heterocycles. The van der Waals surface area contributed by atoms with E-state index in [4.69, 9.17) is 0 Å². The van der Waals surface area contributed by atoms with Gasteiger partial charge in [0.2, 0.25) is 0 Å². The third kappa shape index (κ3) is 3.24. The van der Waals surface area contributed by atoms with Gasteiger partial charge >= 0.3 is 0 Å². The summed E-state index contributed by atoms with van der Waals surface area (Å²) in [5.41, 5.74) is 1.00. The molecule has 2 atom stereocenters. The number of aliphatic hydroxyl groups excluding tert-OH is 1. The molecule has 0 bridgehead atoms. The summed E-state index contributed by atoms with van der Waals surface area (Å²) >= 11 is 1.62. The molecule has 3 rings (SSSR count). The zero-order valence-electron chi connectivity index (χ0n) is 12.5. The fourth-order valence-corrected chi connectivity index (χ4v) is 3.81. The van der Waals surface area contributed by atoms with Crippen LogP contribution in [-0.4, -0.2) is 27.7 Å². The van der Waals surface area contributed by atoms with Gasteiger partial charge in [-0.2, -0.15) is 0 Å². The van der Waals surface area contributed by atoms with Crippen molar-refractivity contribution in [2.24, 2.45) is 0 Å². The van der Waals surface area contributed by atoms with Crippen LogP contribution in [0.5, 0.6) is 0 Å². The Morgan fingerprint density at radius 1 is 1.43 bits per heavy atom. The van der Waals surface area contributed by atoms with Gasteiger partial charge in [0.1, 0.15) is 11.6 Å². The van der Waals surface area contributed by atoms with Crippen molar-refractivity contribution < 1.29 is 5.11 Å². The van der Waals surface area contributed by atoms with Crippen LogP contribution in [0.3, 0.4) is 0 Å². The molecule has 0 spiro atoms. The Morgan fingerprint density at radius 2 is 2.29 bits per heavy atom. The molecule has 0 saturated carbocycles. The number of aryl methyl sites for hydroxylation is 2. The fraction of sp³-hybridized carbons (Fsp3) is 0.500. The molecule has 1 N–H and O–H groups in total. The molecule has 0 radical (unpaired) electrons. The summed E-state index contributed by atoms with van der Waals surface area (Å²) in [6.45, 7) is 4.95. The Balaban J connectivity index is 1.76. The van der Waals surface area contributed by atoms with E-state index in [1.165, 1.54) is 0 Å². The largest absolute Gasteiger partial charge is 0.387 e. The van der Waals surface area contributed by atoms with E-state index < -0.39 is 0 Å². The molecule has 2 aromatic heterocycles. The monoisotopic (exact) mass is 303 g/mol. The minimum Gasteiger partial charge on any atom is -0.387 e. The maximum atomic E-state index is 10.4. The molecule has 0 amide bonds. The Bertz CT molecular complexity index is 579. The van der Waals surface area contributed by atoms with Gasteiger partial charge in [-0.1, -0.05) is 6.07 Å². The first-order chi connectivity index (χ1) is 10.1. The third-order valence-electron chi connectivity index (χ3n) is 3.99. The van der Waals surface area contributed by atoms with Crippen LogP contribution >= 0.6 is 11.3 Å². The minimum absolute atomic E-state index is 0.357. The first-order valence-electron chi connectivity index (χ1n) is 7.44. The molecule has 5 heteroatoms. The number of rotatable bonds is 4. The van der Waals surface area contributed by atoms with Crippen LogP contribution in [0.15, 0.2) is 23.6 Å². The van der Waals surface area contributed by atoms with Gasteiger partial charge < -0.3 is 10.0 Å². The predicted molar refractivity (Wildman–Crippen MR) is 85.8 cm³/mol. The fourth-order valence-electron chi connectivity index (χ4n) is 3.08. The molecular formula is C16H21N3OS. The third-order valence-corrected chi connectivity index (χ3v) is 4.96. The van der Waals surface area contributed by atoms with Gasteiger partial charge in [0.25, 0.3) is 0 Å². The number of anilines is 1. The molecule has 0 aliphatic carbocycles. The van der Waals surface area contributed by atoms with Crippen molar-refractivity contribution in [2.45, 2.75) is 45.3 Å².